The minimum Gasteiger partial charge on any atom is -0.433 e. The van der Waals surface area contributed by atoms with Crippen molar-refractivity contribution in [2.45, 2.75) is 26.7 Å². The third kappa shape index (κ3) is 4.37. The summed E-state index contributed by atoms with van der Waals surface area (Å²) < 4.78 is 11.2. The molecule has 28 heavy (non-hydrogen) atoms. The Balaban J connectivity index is 1.92. The van der Waals surface area contributed by atoms with Crippen LogP contribution in [0.3, 0.4) is 0 Å². The number of rotatable bonds is 6. The minimum atomic E-state index is -0.629. The highest BCUT2D eigenvalue weighted by atomic mass is 35.5. The molecule has 0 saturated carbocycles. The molecule has 144 valence electrons. The van der Waals surface area contributed by atoms with Crippen LogP contribution in [0.15, 0.2) is 48.8 Å². The summed E-state index contributed by atoms with van der Waals surface area (Å²) in [4.78, 5) is 18.8. The van der Waals surface area contributed by atoms with Gasteiger partial charge in [-0.1, -0.05) is 37.6 Å². The molecule has 0 fully saturated rings. The monoisotopic (exact) mass is 399 g/mol. The van der Waals surface area contributed by atoms with Crippen molar-refractivity contribution in [3.63, 3.8) is 0 Å². The summed E-state index contributed by atoms with van der Waals surface area (Å²) in [6.07, 6.45) is 1.16. The van der Waals surface area contributed by atoms with E-state index in [1.54, 1.807) is 37.3 Å². The van der Waals surface area contributed by atoms with E-state index in [1.165, 1.54) is 0 Å². The van der Waals surface area contributed by atoms with E-state index in [1.807, 2.05) is 12.1 Å². The summed E-state index contributed by atoms with van der Waals surface area (Å²) in [5.74, 6) is 0.759. The Morgan fingerprint density at radius 3 is 2.11 bits per heavy atom. The fourth-order valence-electron chi connectivity index (χ4n) is 2.48. The van der Waals surface area contributed by atoms with Gasteiger partial charge >= 0.3 is 17.4 Å². The number of aromatic nitrogens is 2. The standard InChI is InChI=1S/C20H18ClN3O4/c1-12(2)14-4-6-15(7-5-14)27-19-18(24(25)26)20(23-11-22-19)28-16-8-9-17(21)13(3)10-16/h4-12H,1-3H3. The predicted molar refractivity (Wildman–Crippen MR) is 106 cm³/mol. The maximum absolute atomic E-state index is 11.6. The summed E-state index contributed by atoms with van der Waals surface area (Å²) in [5, 5.41) is 12.2. The molecule has 0 bridgehead atoms. The number of hydrogen-bond donors (Lipinski definition) is 0. The molecule has 0 unspecified atom stereocenters. The van der Waals surface area contributed by atoms with Gasteiger partial charge in [0.1, 0.15) is 17.8 Å². The zero-order valence-electron chi connectivity index (χ0n) is 15.5. The van der Waals surface area contributed by atoms with Crippen LogP contribution in [-0.4, -0.2) is 14.9 Å². The number of halogens is 1. The first-order valence-electron chi connectivity index (χ1n) is 8.56. The molecule has 0 atom stereocenters. The van der Waals surface area contributed by atoms with Gasteiger partial charge in [0.25, 0.3) is 0 Å². The molecule has 0 aliphatic rings. The van der Waals surface area contributed by atoms with Gasteiger partial charge in [-0.05, 0) is 54.3 Å². The average Bonchev–Trinajstić information content (AvgIpc) is 2.65. The highest BCUT2D eigenvalue weighted by molar-refractivity contribution is 6.31. The molecular weight excluding hydrogens is 382 g/mol. The summed E-state index contributed by atoms with van der Waals surface area (Å²) >= 11 is 6.00. The Bertz CT molecular complexity index is 1010. The molecule has 0 saturated heterocycles. The van der Waals surface area contributed by atoms with Gasteiger partial charge in [-0.25, -0.2) is 0 Å². The van der Waals surface area contributed by atoms with Crippen LogP contribution in [0.4, 0.5) is 5.69 Å². The Labute approximate surface area is 167 Å². The fourth-order valence-corrected chi connectivity index (χ4v) is 2.60. The van der Waals surface area contributed by atoms with Crippen molar-refractivity contribution < 1.29 is 14.4 Å². The number of hydrogen-bond acceptors (Lipinski definition) is 6. The van der Waals surface area contributed by atoms with Crippen LogP contribution in [0.5, 0.6) is 23.3 Å². The lowest BCUT2D eigenvalue weighted by molar-refractivity contribution is -0.387. The van der Waals surface area contributed by atoms with Crippen LogP contribution in [-0.2, 0) is 0 Å². The first-order valence-corrected chi connectivity index (χ1v) is 8.94. The molecule has 7 nitrogen and oxygen atoms in total. The average molecular weight is 400 g/mol. The van der Waals surface area contributed by atoms with E-state index < -0.39 is 10.6 Å². The molecule has 0 amide bonds. The highest BCUT2D eigenvalue weighted by Gasteiger charge is 2.27. The molecular formula is C20H18ClN3O4. The van der Waals surface area contributed by atoms with Gasteiger partial charge in [0.05, 0.1) is 4.92 Å². The lowest BCUT2D eigenvalue weighted by atomic mass is 10.0. The van der Waals surface area contributed by atoms with Gasteiger partial charge in [-0.2, -0.15) is 9.97 Å². The van der Waals surface area contributed by atoms with Gasteiger partial charge in [0.15, 0.2) is 0 Å². The van der Waals surface area contributed by atoms with Crippen LogP contribution in [0.25, 0.3) is 0 Å². The fraction of sp³-hybridized carbons (Fsp3) is 0.200. The van der Waals surface area contributed by atoms with Crippen LogP contribution < -0.4 is 9.47 Å². The second-order valence-corrected chi connectivity index (χ2v) is 6.84. The number of nitrogens with zero attached hydrogens (tertiary/aromatic N) is 3. The maximum Gasteiger partial charge on any atom is 0.393 e. The Morgan fingerprint density at radius 2 is 1.57 bits per heavy atom. The van der Waals surface area contributed by atoms with Crippen LogP contribution >= 0.6 is 11.6 Å². The third-order valence-corrected chi connectivity index (χ3v) is 4.47. The van der Waals surface area contributed by atoms with Gasteiger partial charge in [0.2, 0.25) is 0 Å². The van der Waals surface area contributed by atoms with Crippen molar-refractivity contribution in [1.82, 2.24) is 9.97 Å². The van der Waals surface area contributed by atoms with Gasteiger partial charge in [-0.15, -0.1) is 0 Å². The molecule has 0 radical (unpaired) electrons. The zero-order valence-corrected chi connectivity index (χ0v) is 16.3. The predicted octanol–water partition coefficient (Wildman–Crippen LogP) is 6.05. The highest BCUT2D eigenvalue weighted by Crippen LogP contribution is 2.38. The van der Waals surface area contributed by atoms with E-state index >= 15 is 0 Å². The van der Waals surface area contributed by atoms with E-state index in [0.717, 1.165) is 17.5 Å². The van der Waals surface area contributed by atoms with Gasteiger partial charge < -0.3 is 9.47 Å². The molecule has 0 spiro atoms. The summed E-state index contributed by atoms with van der Waals surface area (Å²) in [6.45, 7) is 5.96. The second-order valence-electron chi connectivity index (χ2n) is 6.43. The molecule has 8 heteroatoms. The van der Waals surface area contributed by atoms with E-state index in [2.05, 4.69) is 23.8 Å². The lowest BCUT2D eigenvalue weighted by Crippen LogP contribution is -2.01. The Hall–Kier alpha value is -3.19. The summed E-state index contributed by atoms with van der Waals surface area (Å²) in [6, 6.07) is 12.2. The largest absolute Gasteiger partial charge is 0.433 e. The van der Waals surface area contributed by atoms with Crippen molar-refractivity contribution in [1.29, 1.82) is 0 Å². The van der Waals surface area contributed by atoms with Crippen molar-refractivity contribution >= 4 is 17.3 Å². The SMILES string of the molecule is Cc1cc(Oc2ncnc(Oc3ccc(C(C)C)cc3)c2[N+](=O)[O-])ccc1Cl. The maximum atomic E-state index is 11.6. The molecule has 3 rings (SSSR count). The van der Waals surface area contributed by atoms with Crippen LogP contribution in [0.2, 0.25) is 5.02 Å². The molecule has 1 aromatic heterocycles. The smallest absolute Gasteiger partial charge is 0.393 e. The minimum absolute atomic E-state index is 0.196. The van der Waals surface area contributed by atoms with E-state index in [-0.39, 0.29) is 11.8 Å². The summed E-state index contributed by atoms with van der Waals surface area (Å²) in [7, 11) is 0. The van der Waals surface area contributed by atoms with Crippen molar-refractivity contribution in [2.75, 3.05) is 0 Å². The molecule has 0 N–H and O–H groups in total. The first kappa shape index (κ1) is 19.6. The molecule has 3 aromatic rings. The Morgan fingerprint density at radius 1 is 1.00 bits per heavy atom. The number of benzene rings is 2. The number of aryl methyl sites for hydroxylation is 1. The van der Waals surface area contributed by atoms with Crippen LogP contribution in [0.1, 0.15) is 30.9 Å². The Kier molecular flexibility index (Phi) is 5.75. The molecule has 0 aliphatic carbocycles. The summed E-state index contributed by atoms with van der Waals surface area (Å²) in [5.41, 5.74) is 1.45. The van der Waals surface area contributed by atoms with E-state index in [9.17, 15) is 10.1 Å². The zero-order chi connectivity index (χ0) is 20.3. The van der Waals surface area contributed by atoms with E-state index in [4.69, 9.17) is 21.1 Å². The topological polar surface area (TPSA) is 87.4 Å². The second kappa shape index (κ2) is 8.22. The number of nitro groups is 1. The first-order chi connectivity index (χ1) is 13.3. The van der Waals surface area contributed by atoms with Gasteiger partial charge in [0, 0.05) is 5.02 Å². The van der Waals surface area contributed by atoms with Crippen molar-refractivity contribution in [3.05, 3.63) is 75.1 Å². The number of ether oxygens (including phenoxy) is 2. The lowest BCUT2D eigenvalue weighted by Gasteiger charge is -2.10. The van der Waals surface area contributed by atoms with Crippen molar-refractivity contribution in [3.8, 4) is 23.3 Å². The molecule has 0 aliphatic heterocycles. The van der Waals surface area contributed by atoms with E-state index in [0.29, 0.717) is 22.4 Å². The van der Waals surface area contributed by atoms with Gasteiger partial charge in [-0.3, -0.25) is 10.1 Å². The quantitative estimate of drug-likeness (QED) is 0.370. The normalized spacial score (nSPS) is 10.8. The third-order valence-electron chi connectivity index (χ3n) is 4.04. The van der Waals surface area contributed by atoms with Crippen LogP contribution in [0, 0.1) is 17.0 Å². The van der Waals surface area contributed by atoms with Crippen molar-refractivity contribution in [2.24, 2.45) is 0 Å². The molecule has 1 heterocycles. The molecule has 2 aromatic carbocycles.